The van der Waals surface area contributed by atoms with E-state index in [9.17, 15) is 18.1 Å². The molecular formula is C19H17N7O4S. The van der Waals surface area contributed by atoms with Gasteiger partial charge in [-0.1, -0.05) is 18.2 Å². The standard InChI is InChI=1S/C19H17N7O4S/c20-17-24-18(21)26-19(25-17)23-12-6-7-13-10(8-12)9-14(31(28,29)30)15(16(13)27)22-11-4-2-1-3-5-11/h1-9,22,27H,(H,28,29,30)(H5,20,21,23,24,25,26). The molecule has 8 N–H and O–H groups in total. The number of aromatic hydroxyl groups is 1. The number of rotatable bonds is 5. The van der Waals surface area contributed by atoms with Gasteiger partial charge in [-0.05, 0) is 41.8 Å². The molecule has 3 aromatic carbocycles. The van der Waals surface area contributed by atoms with Crippen LogP contribution in [-0.4, -0.2) is 33.0 Å². The molecule has 0 atom stereocenters. The van der Waals surface area contributed by atoms with Crippen LogP contribution in [0, 0.1) is 0 Å². The van der Waals surface area contributed by atoms with Crippen LogP contribution in [0.25, 0.3) is 10.8 Å². The van der Waals surface area contributed by atoms with E-state index < -0.39 is 15.0 Å². The summed E-state index contributed by atoms with van der Waals surface area (Å²) >= 11 is 0. The smallest absolute Gasteiger partial charge is 0.296 e. The Morgan fingerprint density at radius 3 is 2.16 bits per heavy atom. The lowest BCUT2D eigenvalue weighted by molar-refractivity contribution is 0.473. The Morgan fingerprint density at radius 1 is 0.839 bits per heavy atom. The summed E-state index contributed by atoms with van der Waals surface area (Å²) < 4.78 is 33.8. The minimum atomic E-state index is -4.66. The SMILES string of the molecule is Nc1nc(N)nc(Nc2ccc3c(O)c(Nc4ccccc4)c(S(=O)(=O)O)cc3c2)n1. The summed E-state index contributed by atoms with van der Waals surface area (Å²) in [7, 11) is -4.66. The molecule has 1 aromatic heterocycles. The number of phenols is 1. The Labute approximate surface area is 176 Å². The van der Waals surface area contributed by atoms with Crippen LogP contribution in [0.1, 0.15) is 0 Å². The summed E-state index contributed by atoms with van der Waals surface area (Å²) in [6.45, 7) is 0. The molecule has 0 aliphatic rings. The van der Waals surface area contributed by atoms with Gasteiger partial charge in [0.25, 0.3) is 10.1 Å². The predicted octanol–water partition coefficient (Wildman–Crippen LogP) is 2.63. The average molecular weight is 439 g/mol. The first kappa shape index (κ1) is 20.1. The number of para-hydroxylation sites is 1. The van der Waals surface area contributed by atoms with Crippen molar-refractivity contribution in [2.75, 3.05) is 22.1 Å². The molecule has 31 heavy (non-hydrogen) atoms. The molecule has 0 spiro atoms. The van der Waals surface area contributed by atoms with Gasteiger partial charge in [0.2, 0.25) is 17.8 Å². The van der Waals surface area contributed by atoms with Crippen LogP contribution >= 0.6 is 0 Å². The molecule has 4 aromatic rings. The minimum Gasteiger partial charge on any atom is -0.505 e. The molecule has 0 aliphatic heterocycles. The maximum atomic E-state index is 12.0. The third kappa shape index (κ3) is 4.24. The van der Waals surface area contributed by atoms with E-state index >= 15 is 0 Å². The first-order chi connectivity index (χ1) is 14.7. The quantitative estimate of drug-likeness (QED) is 0.198. The lowest BCUT2D eigenvalue weighted by Crippen LogP contribution is -2.06. The van der Waals surface area contributed by atoms with E-state index in [1.54, 1.807) is 48.5 Å². The first-order valence-corrected chi connectivity index (χ1v) is 10.3. The molecule has 158 valence electrons. The number of hydrogen-bond acceptors (Lipinski definition) is 10. The zero-order valence-electron chi connectivity index (χ0n) is 15.8. The minimum absolute atomic E-state index is 0.0706. The van der Waals surface area contributed by atoms with Gasteiger partial charge in [0, 0.05) is 16.8 Å². The van der Waals surface area contributed by atoms with Gasteiger partial charge in [0.1, 0.15) is 16.3 Å². The van der Waals surface area contributed by atoms with Gasteiger partial charge < -0.3 is 27.2 Å². The number of hydrogen-bond donors (Lipinski definition) is 6. The van der Waals surface area contributed by atoms with Crippen molar-refractivity contribution < 1.29 is 18.1 Å². The molecular weight excluding hydrogens is 422 g/mol. The summed E-state index contributed by atoms with van der Waals surface area (Å²) in [4.78, 5) is 11.0. The number of phenolic OH excluding ortho intramolecular Hbond substituents is 1. The summed E-state index contributed by atoms with van der Waals surface area (Å²) in [6.07, 6.45) is 0. The summed E-state index contributed by atoms with van der Waals surface area (Å²) in [5.41, 5.74) is 12.0. The fourth-order valence-electron chi connectivity index (χ4n) is 3.02. The van der Waals surface area contributed by atoms with Gasteiger partial charge in [0.05, 0.1) is 0 Å². The summed E-state index contributed by atoms with van der Waals surface area (Å²) in [5, 5.41) is 17.2. The lowest BCUT2D eigenvalue weighted by atomic mass is 10.1. The van der Waals surface area contributed by atoms with Crippen LogP contribution in [0.5, 0.6) is 5.75 Å². The van der Waals surface area contributed by atoms with Gasteiger partial charge in [0.15, 0.2) is 0 Å². The van der Waals surface area contributed by atoms with Crippen molar-refractivity contribution in [1.29, 1.82) is 0 Å². The Balaban J connectivity index is 1.82. The fourth-order valence-corrected chi connectivity index (χ4v) is 3.71. The third-order valence-electron chi connectivity index (χ3n) is 4.32. The number of nitrogens with two attached hydrogens (primary N) is 2. The molecule has 11 nitrogen and oxygen atoms in total. The molecule has 0 saturated carbocycles. The van der Waals surface area contributed by atoms with E-state index in [4.69, 9.17) is 11.5 Å². The maximum Gasteiger partial charge on any atom is 0.296 e. The molecule has 0 unspecified atom stereocenters. The van der Waals surface area contributed by atoms with Crippen molar-refractivity contribution in [2.24, 2.45) is 0 Å². The lowest BCUT2D eigenvalue weighted by Gasteiger charge is -2.15. The Bertz CT molecular complexity index is 1380. The molecule has 0 amide bonds. The predicted molar refractivity (Wildman–Crippen MR) is 117 cm³/mol. The fraction of sp³-hybridized carbons (Fsp3) is 0. The first-order valence-electron chi connectivity index (χ1n) is 8.84. The molecule has 0 saturated heterocycles. The highest BCUT2D eigenvalue weighted by Gasteiger charge is 2.22. The molecule has 1 heterocycles. The Kier molecular flexibility index (Phi) is 4.93. The normalized spacial score (nSPS) is 11.4. The van der Waals surface area contributed by atoms with Crippen LogP contribution in [0.2, 0.25) is 0 Å². The van der Waals surface area contributed by atoms with Crippen LogP contribution < -0.4 is 22.1 Å². The zero-order chi connectivity index (χ0) is 22.2. The molecule has 0 radical (unpaired) electrons. The monoisotopic (exact) mass is 439 g/mol. The average Bonchev–Trinajstić information content (AvgIpc) is 2.69. The van der Waals surface area contributed by atoms with Crippen molar-refractivity contribution in [3.05, 3.63) is 54.6 Å². The molecule has 4 rings (SSSR count). The number of fused-ring (bicyclic) bond motifs is 1. The number of anilines is 6. The van der Waals surface area contributed by atoms with Gasteiger partial charge in [-0.25, -0.2) is 0 Å². The second-order valence-corrected chi connectivity index (χ2v) is 7.89. The van der Waals surface area contributed by atoms with Gasteiger partial charge in [-0.3, -0.25) is 4.55 Å². The van der Waals surface area contributed by atoms with Gasteiger partial charge >= 0.3 is 0 Å². The van der Waals surface area contributed by atoms with Crippen molar-refractivity contribution in [3.63, 3.8) is 0 Å². The van der Waals surface area contributed by atoms with E-state index in [1.165, 1.54) is 6.07 Å². The van der Waals surface area contributed by atoms with E-state index in [2.05, 4.69) is 25.6 Å². The van der Waals surface area contributed by atoms with E-state index in [0.29, 0.717) is 22.1 Å². The highest BCUT2D eigenvalue weighted by molar-refractivity contribution is 7.86. The van der Waals surface area contributed by atoms with Crippen molar-refractivity contribution >= 4 is 55.8 Å². The number of benzene rings is 3. The Hall–Kier alpha value is -4.16. The second kappa shape index (κ2) is 7.59. The van der Waals surface area contributed by atoms with E-state index in [0.717, 1.165) is 0 Å². The summed E-state index contributed by atoms with van der Waals surface area (Å²) in [6, 6.07) is 14.6. The number of nitrogens with zero attached hydrogens (tertiary/aromatic N) is 3. The third-order valence-corrected chi connectivity index (χ3v) is 5.20. The summed E-state index contributed by atoms with van der Waals surface area (Å²) in [5.74, 6) is -0.391. The largest absolute Gasteiger partial charge is 0.505 e. The van der Waals surface area contributed by atoms with Crippen LogP contribution in [0.15, 0.2) is 59.5 Å². The highest BCUT2D eigenvalue weighted by Crippen LogP contribution is 2.41. The molecule has 12 heteroatoms. The second-order valence-electron chi connectivity index (χ2n) is 6.50. The van der Waals surface area contributed by atoms with Crippen LogP contribution in [-0.2, 0) is 10.1 Å². The highest BCUT2D eigenvalue weighted by atomic mass is 32.2. The van der Waals surface area contributed by atoms with Crippen LogP contribution in [0.3, 0.4) is 0 Å². The number of nitrogen functional groups attached to an aromatic ring is 2. The van der Waals surface area contributed by atoms with Crippen molar-refractivity contribution in [1.82, 2.24) is 15.0 Å². The Morgan fingerprint density at radius 2 is 1.52 bits per heavy atom. The molecule has 0 bridgehead atoms. The molecule has 0 aliphatic carbocycles. The number of aromatic nitrogens is 3. The van der Waals surface area contributed by atoms with Crippen molar-refractivity contribution in [2.45, 2.75) is 4.90 Å². The zero-order valence-corrected chi connectivity index (χ0v) is 16.6. The van der Waals surface area contributed by atoms with Crippen LogP contribution in [0.4, 0.5) is 34.9 Å². The van der Waals surface area contributed by atoms with E-state index in [-0.39, 0.29) is 29.3 Å². The van der Waals surface area contributed by atoms with Crippen molar-refractivity contribution in [3.8, 4) is 5.75 Å². The van der Waals surface area contributed by atoms with Gasteiger partial charge in [-0.2, -0.15) is 23.4 Å². The number of nitrogens with one attached hydrogen (secondary N) is 2. The van der Waals surface area contributed by atoms with E-state index in [1.807, 2.05) is 0 Å². The van der Waals surface area contributed by atoms with Gasteiger partial charge in [-0.15, -0.1) is 0 Å². The maximum absolute atomic E-state index is 12.0. The topological polar surface area (TPSA) is 189 Å². The molecule has 0 fully saturated rings.